The molecule has 1 amide bonds. The van der Waals surface area contributed by atoms with Crippen LogP contribution in [0.25, 0.3) is 0 Å². The van der Waals surface area contributed by atoms with Crippen molar-refractivity contribution in [3.63, 3.8) is 0 Å². The van der Waals surface area contributed by atoms with Crippen LogP contribution in [0.2, 0.25) is 0 Å². The van der Waals surface area contributed by atoms with Gasteiger partial charge in [0.05, 0.1) is 0 Å². The van der Waals surface area contributed by atoms with Gasteiger partial charge >= 0.3 is 0 Å². The molecular weight excluding hydrogens is 304 g/mol. The van der Waals surface area contributed by atoms with Crippen LogP contribution in [0.1, 0.15) is 32.1 Å². The van der Waals surface area contributed by atoms with Gasteiger partial charge in [0, 0.05) is 63.1 Å². The number of anilines is 1. The van der Waals surface area contributed by atoms with Crippen LogP contribution in [-0.4, -0.2) is 60.2 Å². The Morgan fingerprint density at radius 3 is 2.71 bits per heavy atom. The minimum absolute atomic E-state index is 0.172. The van der Waals surface area contributed by atoms with Gasteiger partial charge < -0.3 is 14.5 Å². The fraction of sp³-hybridized carbons (Fsp3) is 0.722. The molecule has 0 radical (unpaired) electrons. The maximum atomic E-state index is 12.8. The Morgan fingerprint density at radius 2 is 1.92 bits per heavy atom. The summed E-state index contributed by atoms with van der Waals surface area (Å²) in [4.78, 5) is 26.0. The van der Waals surface area contributed by atoms with Crippen LogP contribution < -0.4 is 4.90 Å². The lowest BCUT2D eigenvalue weighted by Gasteiger charge is -2.40. The predicted octanol–water partition coefficient (Wildman–Crippen LogP) is 1.72. The zero-order valence-corrected chi connectivity index (χ0v) is 14.2. The van der Waals surface area contributed by atoms with Crippen LogP contribution in [0.4, 0.5) is 5.95 Å². The highest BCUT2D eigenvalue weighted by atomic mass is 16.5. The Morgan fingerprint density at radius 1 is 1.12 bits per heavy atom. The van der Waals surface area contributed by atoms with Crippen LogP contribution in [0.15, 0.2) is 18.5 Å². The Labute approximate surface area is 143 Å². The standard InChI is InChI=1S/C18H26N4O2/c23-16(15-3-11-24-12-4-15)21-10-6-18(13-21)5-1-9-22(14-18)17-19-7-2-8-20-17/h2,7-8,15H,1,3-6,9-14H2/t18-/m1/s1. The third kappa shape index (κ3) is 3.11. The molecule has 1 atom stereocenters. The Kier molecular flexibility index (Phi) is 4.39. The first-order valence-corrected chi connectivity index (χ1v) is 9.14. The molecule has 24 heavy (non-hydrogen) atoms. The zero-order chi connectivity index (χ0) is 16.4. The van der Waals surface area contributed by atoms with E-state index in [1.54, 1.807) is 12.4 Å². The lowest BCUT2D eigenvalue weighted by Crippen LogP contribution is -2.46. The largest absolute Gasteiger partial charge is 0.381 e. The summed E-state index contributed by atoms with van der Waals surface area (Å²) in [6.07, 6.45) is 8.83. The molecule has 6 nitrogen and oxygen atoms in total. The van der Waals surface area contributed by atoms with E-state index >= 15 is 0 Å². The zero-order valence-electron chi connectivity index (χ0n) is 14.2. The maximum absolute atomic E-state index is 12.8. The van der Waals surface area contributed by atoms with Gasteiger partial charge in [-0.2, -0.15) is 0 Å². The van der Waals surface area contributed by atoms with E-state index in [-0.39, 0.29) is 11.3 Å². The number of nitrogens with zero attached hydrogens (tertiary/aromatic N) is 4. The predicted molar refractivity (Wildman–Crippen MR) is 90.7 cm³/mol. The second-order valence-electron chi connectivity index (χ2n) is 7.47. The van der Waals surface area contributed by atoms with E-state index in [0.29, 0.717) is 5.91 Å². The molecule has 0 unspecified atom stereocenters. The van der Waals surface area contributed by atoms with E-state index in [4.69, 9.17) is 4.74 Å². The molecule has 3 aliphatic rings. The highest BCUT2D eigenvalue weighted by Gasteiger charge is 2.44. The molecule has 0 bridgehead atoms. The molecular formula is C18H26N4O2. The number of hydrogen-bond donors (Lipinski definition) is 0. The Hall–Kier alpha value is -1.69. The van der Waals surface area contributed by atoms with Crippen molar-refractivity contribution in [2.24, 2.45) is 11.3 Å². The van der Waals surface area contributed by atoms with Gasteiger partial charge in [-0.15, -0.1) is 0 Å². The van der Waals surface area contributed by atoms with Crippen molar-refractivity contribution < 1.29 is 9.53 Å². The minimum Gasteiger partial charge on any atom is -0.381 e. The van der Waals surface area contributed by atoms with Crippen molar-refractivity contribution >= 4 is 11.9 Å². The molecule has 0 saturated carbocycles. The van der Waals surface area contributed by atoms with Crippen molar-refractivity contribution in [1.29, 1.82) is 0 Å². The van der Waals surface area contributed by atoms with E-state index in [1.165, 1.54) is 6.42 Å². The number of carbonyl (C=O) groups excluding carboxylic acids is 1. The molecule has 0 N–H and O–H groups in total. The summed E-state index contributed by atoms with van der Waals surface area (Å²) in [6.45, 7) is 5.24. The fourth-order valence-corrected chi connectivity index (χ4v) is 4.49. The van der Waals surface area contributed by atoms with E-state index < -0.39 is 0 Å². The third-order valence-corrected chi connectivity index (χ3v) is 5.82. The van der Waals surface area contributed by atoms with Gasteiger partial charge in [-0.25, -0.2) is 9.97 Å². The van der Waals surface area contributed by atoms with Crippen LogP contribution in [0, 0.1) is 11.3 Å². The number of hydrogen-bond acceptors (Lipinski definition) is 5. The lowest BCUT2D eigenvalue weighted by atomic mass is 9.79. The summed E-state index contributed by atoms with van der Waals surface area (Å²) in [5.74, 6) is 1.35. The SMILES string of the molecule is O=C(C1CCOCC1)N1CC[C@]2(CCCN(c3ncccn3)C2)C1. The van der Waals surface area contributed by atoms with E-state index in [1.807, 2.05) is 6.07 Å². The monoisotopic (exact) mass is 330 g/mol. The number of likely N-dealkylation sites (tertiary alicyclic amines) is 1. The number of piperidine rings is 1. The summed E-state index contributed by atoms with van der Waals surface area (Å²) < 4.78 is 5.39. The summed E-state index contributed by atoms with van der Waals surface area (Å²) in [5.41, 5.74) is 0.221. The number of carbonyl (C=O) groups is 1. The van der Waals surface area contributed by atoms with Gasteiger partial charge in [-0.3, -0.25) is 4.79 Å². The second-order valence-corrected chi connectivity index (χ2v) is 7.47. The molecule has 130 valence electrons. The average molecular weight is 330 g/mol. The molecule has 6 heteroatoms. The van der Waals surface area contributed by atoms with Crippen LogP contribution in [0.5, 0.6) is 0 Å². The highest BCUT2D eigenvalue weighted by molar-refractivity contribution is 5.79. The molecule has 4 rings (SSSR count). The number of amides is 1. The first-order valence-electron chi connectivity index (χ1n) is 9.14. The summed E-state index contributed by atoms with van der Waals surface area (Å²) in [5, 5.41) is 0. The first-order chi connectivity index (χ1) is 11.8. The lowest BCUT2D eigenvalue weighted by molar-refractivity contribution is -0.137. The number of aromatic nitrogens is 2. The number of ether oxygens (including phenoxy) is 1. The second kappa shape index (κ2) is 6.67. The van der Waals surface area contributed by atoms with E-state index in [9.17, 15) is 4.79 Å². The molecule has 1 spiro atoms. The molecule has 3 saturated heterocycles. The first kappa shape index (κ1) is 15.8. The average Bonchev–Trinajstić information content (AvgIpc) is 3.06. The van der Waals surface area contributed by atoms with Crippen LogP contribution >= 0.6 is 0 Å². The molecule has 0 aliphatic carbocycles. The topological polar surface area (TPSA) is 58.6 Å². The van der Waals surface area contributed by atoms with Crippen molar-refractivity contribution in [2.75, 3.05) is 44.3 Å². The smallest absolute Gasteiger partial charge is 0.225 e. The van der Waals surface area contributed by atoms with Gasteiger partial charge in [0.25, 0.3) is 0 Å². The fourth-order valence-electron chi connectivity index (χ4n) is 4.49. The van der Waals surface area contributed by atoms with Crippen molar-refractivity contribution in [3.8, 4) is 0 Å². The molecule has 3 aliphatic heterocycles. The van der Waals surface area contributed by atoms with Crippen molar-refractivity contribution in [2.45, 2.75) is 32.1 Å². The van der Waals surface area contributed by atoms with Crippen LogP contribution in [-0.2, 0) is 9.53 Å². The summed E-state index contributed by atoms with van der Waals surface area (Å²) in [6, 6.07) is 1.85. The van der Waals surface area contributed by atoms with Gasteiger partial charge in [0.15, 0.2) is 0 Å². The van der Waals surface area contributed by atoms with Gasteiger partial charge in [0.1, 0.15) is 0 Å². The van der Waals surface area contributed by atoms with Gasteiger partial charge in [-0.1, -0.05) is 0 Å². The minimum atomic E-state index is 0.172. The van der Waals surface area contributed by atoms with E-state index in [2.05, 4.69) is 19.8 Å². The summed E-state index contributed by atoms with van der Waals surface area (Å²) in [7, 11) is 0. The molecule has 0 aromatic carbocycles. The Balaban J connectivity index is 1.42. The normalized spacial score (nSPS) is 28.5. The van der Waals surface area contributed by atoms with Crippen LogP contribution in [0.3, 0.4) is 0 Å². The molecule has 1 aromatic rings. The van der Waals surface area contributed by atoms with Crippen molar-refractivity contribution in [1.82, 2.24) is 14.9 Å². The molecule has 1 aromatic heterocycles. The molecule has 3 fully saturated rings. The van der Waals surface area contributed by atoms with Gasteiger partial charge in [0.2, 0.25) is 11.9 Å². The summed E-state index contributed by atoms with van der Waals surface area (Å²) >= 11 is 0. The maximum Gasteiger partial charge on any atom is 0.225 e. The van der Waals surface area contributed by atoms with E-state index in [0.717, 1.165) is 71.0 Å². The van der Waals surface area contributed by atoms with Gasteiger partial charge in [-0.05, 0) is 38.2 Å². The Bertz CT molecular complexity index is 576. The highest BCUT2D eigenvalue weighted by Crippen LogP contribution is 2.40. The third-order valence-electron chi connectivity index (χ3n) is 5.82. The molecule has 4 heterocycles. The number of rotatable bonds is 2. The van der Waals surface area contributed by atoms with Crippen molar-refractivity contribution in [3.05, 3.63) is 18.5 Å². The quantitative estimate of drug-likeness (QED) is 0.826.